The third-order valence-electron chi connectivity index (χ3n) is 9.94. The van der Waals surface area contributed by atoms with Crippen LogP contribution < -0.4 is 0 Å². The molecule has 0 heterocycles. The van der Waals surface area contributed by atoms with E-state index in [-0.39, 0.29) is 6.10 Å². The lowest BCUT2D eigenvalue weighted by Crippen LogP contribution is -2.44. The minimum Gasteiger partial charge on any atom is -0.393 e. The van der Waals surface area contributed by atoms with E-state index >= 15 is 0 Å². The molecule has 4 aliphatic rings. The first-order chi connectivity index (χ1) is 13.7. The first-order valence-electron chi connectivity index (χ1n) is 12.4. The van der Waals surface area contributed by atoms with Gasteiger partial charge in [0.25, 0.3) is 0 Å². The van der Waals surface area contributed by atoms with Crippen LogP contribution in [0.25, 0.3) is 0 Å². The average Bonchev–Trinajstić information content (AvgIpc) is 3.03. The number of aliphatic hydroxyl groups is 1. The zero-order valence-corrected chi connectivity index (χ0v) is 19.7. The zero-order valence-electron chi connectivity index (χ0n) is 19.7. The second-order valence-electron chi connectivity index (χ2n) is 11.8. The summed E-state index contributed by atoms with van der Waals surface area (Å²) in [6, 6.07) is 0. The Morgan fingerprint density at radius 2 is 1.79 bits per heavy atom. The highest BCUT2D eigenvalue weighted by Crippen LogP contribution is 2.64. The minimum atomic E-state index is -0.0748. The summed E-state index contributed by atoms with van der Waals surface area (Å²) in [4.78, 5) is 0. The number of hydrogen-bond donors (Lipinski definition) is 1. The maximum Gasteiger partial charge on any atom is 0.0543 e. The molecule has 0 unspecified atom stereocenters. The van der Waals surface area contributed by atoms with Crippen molar-refractivity contribution in [1.29, 1.82) is 0 Å². The van der Waals surface area contributed by atoms with Gasteiger partial charge in [-0.3, -0.25) is 0 Å². The van der Waals surface area contributed by atoms with Gasteiger partial charge < -0.3 is 5.11 Å². The molecule has 0 aromatic rings. The van der Waals surface area contributed by atoms with E-state index in [2.05, 4.69) is 65.8 Å². The van der Waals surface area contributed by atoms with Crippen molar-refractivity contribution in [1.82, 2.24) is 0 Å². The molecule has 4 aliphatic carbocycles. The van der Waals surface area contributed by atoms with Crippen LogP contribution in [0.5, 0.6) is 0 Å². The Balaban J connectivity index is 1.58. The molecule has 29 heavy (non-hydrogen) atoms. The number of fused-ring (bicyclic) bond motifs is 5. The quantitative estimate of drug-likeness (QED) is 0.493. The smallest absolute Gasteiger partial charge is 0.0543 e. The van der Waals surface area contributed by atoms with Crippen LogP contribution in [0, 0.1) is 46.3 Å². The molecule has 0 aromatic heterocycles. The van der Waals surface area contributed by atoms with Crippen molar-refractivity contribution in [2.45, 2.75) is 92.6 Å². The molecule has 0 radical (unpaired) electrons. The Labute approximate surface area is 179 Å². The highest BCUT2D eigenvalue weighted by atomic mass is 16.3. The molecule has 1 heteroatoms. The largest absolute Gasteiger partial charge is 0.393 e. The Morgan fingerprint density at radius 3 is 2.52 bits per heavy atom. The number of aliphatic hydroxyl groups excluding tert-OH is 1. The van der Waals surface area contributed by atoms with Gasteiger partial charge >= 0.3 is 0 Å². The fourth-order valence-electron chi connectivity index (χ4n) is 7.44. The van der Waals surface area contributed by atoms with E-state index in [9.17, 15) is 5.11 Å². The molecule has 0 amide bonds. The highest BCUT2D eigenvalue weighted by Gasteiger charge is 2.55. The Morgan fingerprint density at radius 1 is 1.03 bits per heavy atom. The molecule has 2 saturated carbocycles. The molecular formula is C28H44O. The summed E-state index contributed by atoms with van der Waals surface area (Å²) >= 11 is 0. The van der Waals surface area contributed by atoms with Crippen LogP contribution in [0.3, 0.4) is 0 Å². The van der Waals surface area contributed by atoms with Crippen LogP contribution >= 0.6 is 0 Å². The topological polar surface area (TPSA) is 20.2 Å². The van der Waals surface area contributed by atoms with Crippen molar-refractivity contribution in [2.24, 2.45) is 46.3 Å². The Bertz CT molecular complexity index is 712. The van der Waals surface area contributed by atoms with Crippen LogP contribution in [0.4, 0.5) is 0 Å². The molecule has 1 nitrogen and oxygen atoms in total. The average molecular weight is 397 g/mol. The van der Waals surface area contributed by atoms with Crippen molar-refractivity contribution in [3.63, 3.8) is 0 Å². The summed E-state index contributed by atoms with van der Waals surface area (Å²) < 4.78 is 0. The van der Waals surface area contributed by atoms with Gasteiger partial charge in [-0.2, -0.15) is 0 Å². The normalized spacial score (nSPS) is 44.0. The molecule has 0 spiro atoms. The summed E-state index contributed by atoms with van der Waals surface area (Å²) in [5.41, 5.74) is 4.11. The van der Waals surface area contributed by atoms with E-state index in [1.54, 1.807) is 11.1 Å². The summed E-state index contributed by atoms with van der Waals surface area (Å²) in [7, 11) is 0. The van der Waals surface area contributed by atoms with Gasteiger partial charge in [0.1, 0.15) is 0 Å². The molecular weight excluding hydrogens is 352 g/mol. The highest BCUT2D eigenvalue weighted by molar-refractivity contribution is 5.46. The monoisotopic (exact) mass is 396 g/mol. The van der Waals surface area contributed by atoms with Crippen molar-refractivity contribution in [3.8, 4) is 0 Å². The van der Waals surface area contributed by atoms with Gasteiger partial charge in [-0.05, 0) is 102 Å². The molecule has 8 atom stereocenters. The van der Waals surface area contributed by atoms with Crippen molar-refractivity contribution < 1.29 is 5.11 Å². The predicted molar refractivity (Wildman–Crippen MR) is 123 cm³/mol. The standard InChI is InChI=1S/C28H44O/c1-18(2)19(3)7-8-20(4)24-11-12-25-23-10-9-21-17-22(29)13-15-27(21,5)26(23)14-16-28(24,25)6/h7-8,10,14,18-22,24-25,29H,9,11-13,15-17H2,1-6H3/t19-,20+,21+,22-,24+,25-,27-,28+/m0/s1. The van der Waals surface area contributed by atoms with Crippen LogP contribution in [-0.4, -0.2) is 11.2 Å². The van der Waals surface area contributed by atoms with Crippen molar-refractivity contribution >= 4 is 0 Å². The maximum absolute atomic E-state index is 10.2. The van der Waals surface area contributed by atoms with E-state index < -0.39 is 0 Å². The third-order valence-corrected chi connectivity index (χ3v) is 9.94. The molecule has 4 rings (SSSR count). The van der Waals surface area contributed by atoms with E-state index in [1.165, 1.54) is 32.1 Å². The Hall–Kier alpha value is -0.820. The fourth-order valence-corrected chi connectivity index (χ4v) is 7.44. The second-order valence-corrected chi connectivity index (χ2v) is 11.8. The van der Waals surface area contributed by atoms with Crippen LogP contribution in [0.2, 0.25) is 0 Å². The summed E-state index contributed by atoms with van der Waals surface area (Å²) in [6.45, 7) is 14.6. The van der Waals surface area contributed by atoms with Gasteiger partial charge in [0.15, 0.2) is 0 Å². The molecule has 162 valence electrons. The molecule has 0 aromatic carbocycles. The third kappa shape index (κ3) is 3.50. The lowest BCUT2D eigenvalue weighted by Gasteiger charge is -2.53. The van der Waals surface area contributed by atoms with E-state index in [0.29, 0.717) is 28.6 Å². The fraction of sp³-hybridized carbons (Fsp3) is 0.786. The lowest BCUT2D eigenvalue weighted by atomic mass is 9.51. The lowest BCUT2D eigenvalue weighted by molar-refractivity contribution is 0.0316. The van der Waals surface area contributed by atoms with Gasteiger partial charge in [-0.1, -0.05) is 65.8 Å². The zero-order chi connectivity index (χ0) is 21.0. The molecule has 2 fully saturated rings. The van der Waals surface area contributed by atoms with Crippen molar-refractivity contribution in [2.75, 3.05) is 0 Å². The van der Waals surface area contributed by atoms with Gasteiger partial charge in [0.05, 0.1) is 6.10 Å². The van der Waals surface area contributed by atoms with E-state index in [4.69, 9.17) is 0 Å². The van der Waals surface area contributed by atoms with Gasteiger partial charge in [-0.25, -0.2) is 0 Å². The molecule has 0 bridgehead atoms. The van der Waals surface area contributed by atoms with Crippen molar-refractivity contribution in [3.05, 3.63) is 35.5 Å². The van der Waals surface area contributed by atoms with Gasteiger partial charge in [-0.15, -0.1) is 0 Å². The molecule has 1 N–H and O–H groups in total. The minimum absolute atomic E-state index is 0.0748. The molecule has 0 aliphatic heterocycles. The first-order valence-corrected chi connectivity index (χ1v) is 12.4. The number of rotatable bonds is 4. The maximum atomic E-state index is 10.2. The van der Waals surface area contributed by atoms with Gasteiger partial charge in [0.2, 0.25) is 0 Å². The Kier molecular flexibility index (Phi) is 5.69. The SMILES string of the molecule is CC(C)[C@@H](C)C=C[C@@H](C)[C@H]1CC[C@H]2C3=CC[C@@H]4C[C@@H](O)CC[C@]4(C)C3=CC[C@]12C. The van der Waals surface area contributed by atoms with E-state index in [1.807, 2.05) is 0 Å². The first kappa shape index (κ1) is 21.4. The second kappa shape index (κ2) is 7.70. The number of allylic oxidation sites excluding steroid dienone is 6. The van der Waals surface area contributed by atoms with Crippen LogP contribution in [0.15, 0.2) is 35.5 Å². The summed E-state index contributed by atoms with van der Waals surface area (Å²) in [6.07, 6.45) is 18.5. The van der Waals surface area contributed by atoms with Crippen LogP contribution in [-0.2, 0) is 0 Å². The van der Waals surface area contributed by atoms with E-state index in [0.717, 1.165) is 30.6 Å². The number of hydrogen-bond acceptors (Lipinski definition) is 1. The van der Waals surface area contributed by atoms with Gasteiger partial charge in [0, 0.05) is 0 Å². The van der Waals surface area contributed by atoms with Crippen LogP contribution in [0.1, 0.15) is 86.5 Å². The summed E-state index contributed by atoms with van der Waals surface area (Å²) in [5.74, 6) is 4.23. The predicted octanol–water partition coefficient (Wildman–Crippen LogP) is 7.33. The summed E-state index contributed by atoms with van der Waals surface area (Å²) in [5, 5.41) is 10.2. The molecule has 0 saturated heterocycles.